The van der Waals surface area contributed by atoms with Crippen LogP contribution in [0.1, 0.15) is 18.9 Å². The molecule has 0 saturated carbocycles. The van der Waals surface area contributed by atoms with E-state index in [0.717, 1.165) is 29.4 Å². The van der Waals surface area contributed by atoms with Crippen molar-refractivity contribution in [1.29, 1.82) is 0 Å². The molecule has 3 heterocycles. The Morgan fingerprint density at radius 3 is 2.67 bits per heavy atom. The van der Waals surface area contributed by atoms with Gasteiger partial charge in [-0.25, -0.2) is 9.37 Å². The Morgan fingerprint density at radius 2 is 1.98 bits per heavy atom. The molecule has 0 radical (unpaired) electrons. The van der Waals surface area contributed by atoms with Gasteiger partial charge >= 0.3 is 0 Å². The first-order valence-electron chi connectivity index (χ1n) is 13.4. The van der Waals surface area contributed by atoms with Crippen LogP contribution < -0.4 is 10.2 Å². The summed E-state index contributed by atoms with van der Waals surface area (Å²) in [5.74, 6) is 0.326. The number of halogens is 2. The maximum Gasteiger partial charge on any atom is 0.246 e. The number of H-pyrrole nitrogens is 1. The lowest BCUT2D eigenvalue weighted by Crippen LogP contribution is -2.48. The van der Waals surface area contributed by atoms with Gasteiger partial charge in [0, 0.05) is 54.1 Å². The third-order valence-electron chi connectivity index (χ3n) is 7.40. The highest BCUT2D eigenvalue weighted by molar-refractivity contribution is 6.35. The van der Waals surface area contributed by atoms with E-state index < -0.39 is 5.82 Å². The van der Waals surface area contributed by atoms with Crippen molar-refractivity contribution in [2.75, 3.05) is 57.0 Å². The second kappa shape index (κ2) is 11.4. The zero-order chi connectivity index (χ0) is 28.6. The first-order valence-corrected chi connectivity index (χ1v) is 13.8. The van der Waals surface area contributed by atoms with E-state index in [1.54, 1.807) is 17.2 Å². The summed E-state index contributed by atoms with van der Waals surface area (Å²) in [4.78, 5) is 27.6. The van der Waals surface area contributed by atoms with Crippen molar-refractivity contribution < 1.29 is 9.18 Å². The van der Waals surface area contributed by atoms with Gasteiger partial charge in [-0.05, 0) is 64.7 Å². The zero-order valence-electron chi connectivity index (χ0n) is 23.3. The smallest absolute Gasteiger partial charge is 0.246 e. The molecule has 0 bridgehead atoms. The highest BCUT2D eigenvalue weighted by atomic mass is 35.5. The first kappa shape index (κ1) is 27.8. The number of amides is 1. The van der Waals surface area contributed by atoms with E-state index in [-0.39, 0.29) is 28.1 Å². The number of aromatic amines is 1. The molecule has 11 heteroatoms. The molecule has 5 rings (SSSR count). The summed E-state index contributed by atoms with van der Waals surface area (Å²) in [7, 11) is 4.05. The number of hydrogen-bond acceptors (Lipinski definition) is 7. The lowest BCUT2D eigenvalue weighted by atomic mass is 9.95. The Bertz CT molecular complexity index is 1580. The molecule has 1 atom stereocenters. The van der Waals surface area contributed by atoms with E-state index in [1.807, 2.05) is 33.2 Å². The Hall–Kier alpha value is -3.76. The van der Waals surface area contributed by atoms with Gasteiger partial charge in [0.05, 0.1) is 16.7 Å². The lowest BCUT2D eigenvalue weighted by Gasteiger charge is -2.35. The number of nitrogens with one attached hydrogen (secondary N) is 2. The summed E-state index contributed by atoms with van der Waals surface area (Å²) in [5, 5.41) is 12.1. The van der Waals surface area contributed by atoms with E-state index in [0.29, 0.717) is 48.9 Å². The predicted octanol–water partition coefficient (Wildman–Crippen LogP) is 4.86. The summed E-state index contributed by atoms with van der Waals surface area (Å²) >= 11 is 6.84. The fraction of sp³-hybridized carbons (Fsp3) is 0.379. The molecule has 40 heavy (non-hydrogen) atoms. The van der Waals surface area contributed by atoms with Gasteiger partial charge in [0.15, 0.2) is 5.82 Å². The summed E-state index contributed by atoms with van der Waals surface area (Å²) < 4.78 is 16.6. The van der Waals surface area contributed by atoms with Crippen LogP contribution in [-0.2, 0) is 4.79 Å². The zero-order valence-corrected chi connectivity index (χ0v) is 24.0. The number of carbonyl (C=O) groups excluding carboxylic acids is 1. The highest BCUT2D eigenvalue weighted by Gasteiger charge is 2.27. The molecule has 1 aliphatic rings. The molecule has 2 aromatic heterocycles. The average Bonchev–Trinajstić information content (AvgIpc) is 3.42. The maximum atomic E-state index is 16.6. The van der Waals surface area contributed by atoms with Crippen molar-refractivity contribution in [3.63, 3.8) is 0 Å². The second-order valence-electron chi connectivity index (χ2n) is 10.6. The molecule has 1 amide bonds. The van der Waals surface area contributed by atoms with Gasteiger partial charge in [0.1, 0.15) is 11.3 Å². The van der Waals surface area contributed by atoms with Crippen LogP contribution in [0.3, 0.4) is 0 Å². The van der Waals surface area contributed by atoms with Crippen LogP contribution in [0.4, 0.5) is 16.2 Å². The summed E-state index contributed by atoms with van der Waals surface area (Å²) in [6, 6.07) is 5.66. The summed E-state index contributed by atoms with van der Waals surface area (Å²) in [6.45, 7) is 10.6. The third-order valence-corrected chi connectivity index (χ3v) is 7.69. The van der Waals surface area contributed by atoms with Gasteiger partial charge in [0.25, 0.3) is 0 Å². The van der Waals surface area contributed by atoms with Crippen molar-refractivity contribution >= 4 is 51.1 Å². The molecule has 0 aliphatic carbocycles. The van der Waals surface area contributed by atoms with Gasteiger partial charge in [-0.2, -0.15) is 10.1 Å². The molecule has 2 N–H and O–H groups in total. The van der Waals surface area contributed by atoms with Crippen molar-refractivity contribution in [3.8, 4) is 11.1 Å². The van der Waals surface area contributed by atoms with Crippen LogP contribution >= 0.6 is 11.6 Å². The van der Waals surface area contributed by atoms with Crippen LogP contribution in [0.15, 0.2) is 37.1 Å². The molecular weight excluding hydrogens is 531 g/mol. The van der Waals surface area contributed by atoms with E-state index in [4.69, 9.17) is 16.6 Å². The number of piperazine rings is 1. The Balaban J connectivity index is 1.64. The second-order valence-corrected chi connectivity index (χ2v) is 11.0. The quantitative estimate of drug-likeness (QED) is 0.295. The lowest BCUT2D eigenvalue weighted by molar-refractivity contribution is -0.126. The van der Waals surface area contributed by atoms with Gasteiger partial charge in [-0.3, -0.25) is 9.89 Å². The predicted molar refractivity (Wildman–Crippen MR) is 160 cm³/mol. The normalized spacial score (nSPS) is 14.8. The van der Waals surface area contributed by atoms with Gasteiger partial charge in [-0.15, -0.1) is 0 Å². The average molecular weight is 565 g/mol. The number of aromatic nitrogens is 4. The van der Waals surface area contributed by atoms with E-state index >= 15 is 4.39 Å². The van der Waals surface area contributed by atoms with Crippen LogP contribution in [0, 0.1) is 12.7 Å². The minimum absolute atomic E-state index is 0.0616. The van der Waals surface area contributed by atoms with Gasteiger partial charge in [0.2, 0.25) is 11.9 Å². The molecule has 2 aromatic carbocycles. The van der Waals surface area contributed by atoms with Crippen LogP contribution in [-0.4, -0.2) is 88.7 Å². The van der Waals surface area contributed by atoms with Crippen molar-refractivity contribution in [2.45, 2.75) is 26.3 Å². The molecule has 1 unspecified atom stereocenters. The number of fused-ring (bicyclic) bond motifs is 2. The monoisotopic (exact) mass is 564 g/mol. The molecule has 0 spiro atoms. The van der Waals surface area contributed by atoms with Crippen molar-refractivity contribution in [1.82, 2.24) is 30.0 Å². The molecule has 210 valence electrons. The summed E-state index contributed by atoms with van der Waals surface area (Å²) in [6.07, 6.45) is 3.88. The molecule has 1 fully saturated rings. The number of hydrogen-bond donors (Lipinski definition) is 2. The van der Waals surface area contributed by atoms with Crippen molar-refractivity contribution in [3.05, 3.63) is 53.5 Å². The fourth-order valence-electron chi connectivity index (χ4n) is 5.19. The Kier molecular flexibility index (Phi) is 7.91. The molecule has 9 nitrogen and oxygen atoms in total. The summed E-state index contributed by atoms with van der Waals surface area (Å²) in [5.41, 5.74) is 2.83. The number of nitrogens with zero attached hydrogens (tertiary/aromatic N) is 6. The van der Waals surface area contributed by atoms with Crippen molar-refractivity contribution in [2.24, 2.45) is 0 Å². The number of carbonyl (C=O) groups is 1. The first-order chi connectivity index (χ1) is 19.2. The highest BCUT2D eigenvalue weighted by Crippen LogP contribution is 2.42. The SMILES string of the molecule is C=CC(=O)N1CCN(c2nc(NC(C)CCN(C)C)nc3c(F)c(-c4c(C)ccc5[nH]ncc45)c(Cl)cc23)CC1. The third kappa shape index (κ3) is 5.33. The van der Waals surface area contributed by atoms with Gasteiger partial charge < -0.3 is 20.0 Å². The minimum Gasteiger partial charge on any atom is -0.352 e. The van der Waals surface area contributed by atoms with E-state index in [1.165, 1.54) is 6.08 Å². The Labute approximate surface area is 238 Å². The molecule has 1 aliphatic heterocycles. The van der Waals surface area contributed by atoms with Crippen LogP contribution in [0.5, 0.6) is 0 Å². The van der Waals surface area contributed by atoms with E-state index in [2.05, 4.69) is 43.8 Å². The largest absolute Gasteiger partial charge is 0.352 e. The van der Waals surface area contributed by atoms with Crippen LogP contribution in [0.2, 0.25) is 5.02 Å². The number of benzene rings is 2. The minimum atomic E-state index is -0.507. The maximum absolute atomic E-state index is 16.6. The number of aryl methyl sites for hydroxylation is 1. The number of anilines is 2. The Morgan fingerprint density at radius 1 is 1.23 bits per heavy atom. The molecule has 1 saturated heterocycles. The van der Waals surface area contributed by atoms with Gasteiger partial charge in [-0.1, -0.05) is 24.2 Å². The molecular formula is C29H34ClFN8O. The van der Waals surface area contributed by atoms with E-state index in [9.17, 15) is 4.79 Å². The molecule has 4 aromatic rings. The standard InChI is InChI=1S/C29H34ClFN8O/c1-6-23(40)38-11-13-39(14-12-38)28-19-15-21(30)25(24-17(2)7-8-22-20(24)16-32-36-22)26(31)27(19)34-29(35-28)33-18(3)9-10-37(4)5/h6-8,15-16,18H,1,9-14H2,2-5H3,(H,32,36)(H,33,34,35). The fourth-order valence-corrected chi connectivity index (χ4v) is 5.47. The van der Waals surface area contributed by atoms with Crippen LogP contribution in [0.25, 0.3) is 32.9 Å². The topological polar surface area (TPSA) is 93.3 Å². The number of rotatable bonds is 8.